The second kappa shape index (κ2) is 6.60. The summed E-state index contributed by atoms with van der Waals surface area (Å²) in [6, 6.07) is 6.91. The largest absolute Gasteiger partial charge is 0.379 e. The lowest BCUT2D eigenvalue weighted by molar-refractivity contribution is -0.384. The van der Waals surface area contributed by atoms with Crippen molar-refractivity contribution in [2.24, 2.45) is 5.92 Å². The number of carbonyl (C=O) groups is 1. The van der Waals surface area contributed by atoms with Crippen LogP contribution in [0.3, 0.4) is 0 Å². The molecule has 1 unspecified atom stereocenters. The van der Waals surface area contributed by atoms with Crippen LogP contribution >= 0.6 is 0 Å². The standard InChI is InChI=1S/C20H19N3O3/c1-20(2)11-15-7-8-16(23(25)26)9-17(15)18(22-20)10-19(24)14-5-3-13(12-21)4-6-14/h3,5-10,13,22H,4,11H2,1-2H3/b18-10-. The second-order valence-electron chi connectivity index (χ2n) is 7.20. The van der Waals surface area contributed by atoms with Crippen LogP contribution in [0.25, 0.3) is 5.70 Å². The van der Waals surface area contributed by atoms with Gasteiger partial charge in [0, 0.05) is 40.6 Å². The maximum Gasteiger partial charge on any atom is 0.270 e. The van der Waals surface area contributed by atoms with Crippen molar-refractivity contribution in [2.75, 3.05) is 0 Å². The van der Waals surface area contributed by atoms with Crippen LogP contribution in [0, 0.1) is 27.4 Å². The van der Waals surface area contributed by atoms with E-state index in [1.54, 1.807) is 24.3 Å². The van der Waals surface area contributed by atoms with Gasteiger partial charge in [0.2, 0.25) is 0 Å². The van der Waals surface area contributed by atoms with Gasteiger partial charge in [-0.1, -0.05) is 24.3 Å². The van der Waals surface area contributed by atoms with Gasteiger partial charge in [-0.25, -0.2) is 0 Å². The van der Waals surface area contributed by atoms with E-state index in [-0.39, 0.29) is 22.9 Å². The molecular weight excluding hydrogens is 330 g/mol. The number of nitrogens with one attached hydrogen (secondary N) is 1. The van der Waals surface area contributed by atoms with Crippen LogP contribution in [-0.4, -0.2) is 16.2 Å². The van der Waals surface area contributed by atoms with Crippen molar-refractivity contribution < 1.29 is 9.72 Å². The van der Waals surface area contributed by atoms with E-state index in [2.05, 4.69) is 11.4 Å². The summed E-state index contributed by atoms with van der Waals surface area (Å²) in [5.74, 6) is -0.385. The highest BCUT2D eigenvalue weighted by molar-refractivity contribution is 6.10. The predicted molar refractivity (Wildman–Crippen MR) is 97.9 cm³/mol. The minimum absolute atomic E-state index is 0.00255. The summed E-state index contributed by atoms with van der Waals surface area (Å²) in [5, 5.41) is 23.3. The Hall–Kier alpha value is -3.20. The lowest BCUT2D eigenvalue weighted by atomic mass is 9.85. The molecule has 0 spiro atoms. The van der Waals surface area contributed by atoms with Crippen LogP contribution in [0.5, 0.6) is 0 Å². The Labute approximate surface area is 151 Å². The van der Waals surface area contributed by atoms with E-state index in [4.69, 9.17) is 5.26 Å². The molecule has 1 aromatic carbocycles. The number of nitriles is 1. The summed E-state index contributed by atoms with van der Waals surface area (Å²) >= 11 is 0. The lowest BCUT2D eigenvalue weighted by Gasteiger charge is -2.35. The Bertz CT molecular complexity index is 917. The molecule has 2 aliphatic rings. The fourth-order valence-corrected chi connectivity index (χ4v) is 3.26. The quantitative estimate of drug-likeness (QED) is 0.512. The van der Waals surface area contributed by atoms with Gasteiger partial charge in [0.25, 0.3) is 5.69 Å². The number of hydrogen-bond donors (Lipinski definition) is 1. The van der Waals surface area contributed by atoms with Crippen molar-refractivity contribution in [1.29, 1.82) is 5.26 Å². The van der Waals surface area contributed by atoms with E-state index in [1.807, 2.05) is 13.8 Å². The number of hydrogen-bond acceptors (Lipinski definition) is 5. The number of benzene rings is 1. The van der Waals surface area contributed by atoms with Gasteiger partial charge in [-0.2, -0.15) is 5.26 Å². The lowest BCUT2D eigenvalue weighted by Crippen LogP contribution is -2.43. The molecule has 1 heterocycles. The highest BCUT2D eigenvalue weighted by Gasteiger charge is 2.29. The summed E-state index contributed by atoms with van der Waals surface area (Å²) in [5.41, 5.74) is 2.50. The predicted octanol–water partition coefficient (Wildman–Crippen LogP) is 3.46. The van der Waals surface area contributed by atoms with Gasteiger partial charge in [0.05, 0.1) is 16.9 Å². The third kappa shape index (κ3) is 3.57. The molecule has 0 radical (unpaired) electrons. The molecule has 1 aliphatic carbocycles. The summed E-state index contributed by atoms with van der Waals surface area (Å²) in [7, 11) is 0. The number of nitro groups is 1. The van der Waals surface area contributed by atoms with Crippen molar-refractivity contribution in [1.82, 2.24) is 5.32 Å². The molecule has 1 aliphatic heterocycles. The average Bonchev–Trinajstić information content (AvgIpc) is 2.60. The van der Waals surface area contributed by atoms with Crippen LogP contribution in [-0.2, 0) is 11.2 Å². The Kier molecular flexibility index (Phi) is 4.47. The molecule has 1 aromatic rings. The zero-order valence-corrected chi connectivity index (χ0v) is 14.7. The summed E-state index contributed by atoms with van der Waals surface area (Å²) in [6.45, 7) is 4.04. The van der Waals surface area contributed by atoms with Crippen molar-refractivity contribution in [3.05, 3.63) is 69.3 Å². The van der Waals surface area contributed by atoms with E-state index in [0.717, 1.165) is 5.56 Å². The first kappa shape index (κ1) is 17.6. The molecule has 0 amide bonds. The fourth-order valence-electron chi connectivity index (χ4n) is 3.26. The maximum atomic E-state index is 12.6. The monoisotopic (exact) mass is 349 g/mol. The molecule has 3 rings (SSSR count). The molecule has 0 saturated heterocycles. The first-order valence-corrected chi connectivity index (χ1v) is 8.39. The topological polar surface area (TPSA) is 96.0 Å². The normalized spacial score (nSPS) is 22.0. The molecule has 0 fully saturated rings. The van der Waals surface area contributed by atoms with E-state index < -0.39 is 4.92 Å². The van der Waals surface area contributed by atoms with Crippen molar-refractivity contribution in [3.63, 3.8) is 0 Å². The number of rotatable bonds is 3. The highest BCUT2D eigenvalue weighted by atomic mass is 16.6. The summed E-state index contributed by atoms with van der Waals surface area (Å²) in [4.78, 5) is 23.3. The van der Waals surface area contributed by atoms with Crippen LogP contribution in [0.2, 0.25) is 0 Å². The van der Waals surface area contributed by atoms with E-state index in [9.17, 15) is 14.9 Å². The third-order valence-electron chi connectivity index (χ3n) is 4.53. The van der Waals surface area contributed by atoms with E-state index in [0.29, 0.717) is 29.7 Å². The zero-order valence-electron chi connectivity index (χ0n) is 14.7. The zero-order chi connectivity index (χ0) is 18.9. The maximum absolute atomic E-state index is 12.6. The number of fused-ring (bicyclic) bond motifs is 1. The summed E-state index contributed by atoms with van der Waals surface area (Å²) < 4.78 is 0. The smallest absolute Gasteiger partial charge is 0.270 e. The van der Waals surface area contributed by atoms with Gasteiger partial charge in [-0.05, 0) is 32.3 Å². The molecule has 1 atom stereocenters. The Morgan fingerprint density at radius 1 is 1.46 bits per heavy atom. The number of nitrogens with zero attached hydrogens (tertiary/aromatic N) is 2. The fraction of sp³-hybridized carbons (Fsp3) is 0.300. The molecule has 132 valence electrons. The van der Waals surface area contributed by atoms with Crippen LogP contribution in [0.4, 0.5) is 5.69 Å². The van der Waals surface area contributed by atoms with Crippen molar-refractivity contribution in [2.45, 2.75) is 32.2 Å². The molecule has 1 N–H and O–H groups in total. The van der Waals surface area contributed by atoms with Gasteiger partial charge < -0.3 is 5.32 Å². The molecule has 6 nitrogen and oxygen atoms in total. The number of ketones is 1. The molecule has 26 heavy (non-hydrogen) atoms. The Morgan fingerprint density at radius 3 is 2.85 bits per heavy atom. The minimum Gasteiger partial charge on any atom is -0.379 e. The molecule has 0 bridgehead atoms. The SMILES string of the molecule is CC1(C)Cc2ccc([N+](=O)[O-])cc2/C(=C/C(=O)C2=CCC(C#N)C=C2)N1. The average molecular weight is 349 g/mol. The van der Waals surface area contributed by atoms with Gasteiger partial charge in [0.1, 0.15) is 0 Å². The Balaban J connectivity index is 1.98. The number of non-ortho nitro benzene ring substituents is 1. The first-order chi connectivity index (χ1) is 12.3. The number of allylic oxidation sites excluding steroid dienone is 5. The van der Waals surface area contributed by atoms with Gasteiger partial charge in [-0.15, -0.1) is 0 Å². The third-order valence-corrected chi connectivity index (χ3v) is 4.53. The molecular formula is C20H19N3O3. The van der Waals surface area contributed by atoms with Crippen LogP contribution in [0.15, 0.2) is 48.1 Å². The van der Waals surface area contributed by atoms with Gasteiger partial charge >= 0.3 is 0 Å². The second-order valence-corrected chi connectivity index (χ2v) is 7.20. The van der Waals surface area contributed by atoms with Crippen molar-refractivity contribution >= 4 is 17.2 Å². The molecule has 6 heteroatoms. The highest BCUT2D eigenvalue weighted by Crippen LogP contribution is 2.32. The summed E-state index contributed by atoms with van der Waals surface area (Å²) in [6.07, 6.45) is 7.86. The number of nitro benzene ring substituents is 1. The first-order valence-electron chi connectivity index (χ1n) is 8.39. The van der Waals surface area contributed by atoms with Crippen LogP contribution in [0.1, 0.15) is 31.4 Å². The van der Waals surface area contributed by atoms with E-state index in [1.165, 1.54) is 18.2 Å². The van der Waals surface area contributed by atoms with Gasteiger partial charge in [0.15, 0.2) is 5.78 Å². The van der Waals surface area contributed by atoms with Crippen molar-refractivity contribution in [3.8, 4) is 6.07 Å². The minimum atomic E-state index is -0.437. The number of carbonyl (C=O) groups excluding carboxylic acids is 1. The molecule has 0 aromatic heterocycles. The molecule has 0 saturated carbocycles. The van der Waals surface area contributed by atoms with Crippen LogP contribution < -0.4 is 5.32 Å². The van der Waals surface area contributed by atoms with E-state index >= 15 is 0 Å². The Morgan fingerprint density at radius 2 is 2.23 bits per heavy atom. The van der Waals surface area contributed by atoms with Gasteiger partial charge in [-0.3, -0.25) is 14.9 Å².